The molecule has 0 saturated heterocycles. The summed E-state index contributed by atoms with van der Waals surface area (Å²) >= 11 is 0. The number of hydrogen-bond donors (Lipinski definition) is 2. The van der Waals surface area contributed by atoms with Gasteiger partial charge in [0.1, 0.15) is 0 Å². The molecule has 2 aromatic carbocycles. The topological polar surface area (TPSA) is 49.3 Å². The van der Waals surface area contributed by atoms with Crippen LogP contribution in [0.25, 0.3) is 10.8 Å². The van der Waals surface area contributed by atoms with Crippen molar-refractivity contribution < 1.29 is 9.90 Å². The Hall–Kier alpha value is -1.87. The van der Waals surface area contributed by atoms with Crippen molar-refractivity contribution in [1.29, 1.82) is 0 Å². The van der Waals surface area contributed by atoms with Crippen LogP contribution in [-0.4, -0.2) is 24.2 Å². The average Bonchev–Trinajstić information content (AvgIpc) is 2.43. The van der Waals surface area contributed by atoms with Crippen molar-refractivity contribution in [3.05, 3.63) is 48.0 Å². The molecule has 0 aromatic heterocycles. The minimum atomic E-state index is -0.752. The molecule has 0 amide bonds. The van der Waals surface area contributed by atoms with Crippen molar-refractivity contribution in [3.8, 4) is 0 Å². The molecule has 2 N–H and O–H groups in total. The molecular weight excluding hydrogens is 238 g/mol. The van der Waals surface area contributed by atoms with Crippen molar-refractivity contribution >= 4 is 16.7 Å². The second-order valence-electron chi connectivity index (χ2n) is 4.83. The van der Waals surface area contributed by atoms with Crippen molar-refractivity contribution in [1.82, 2.24) is 5.32 Å². The molecule has 0 aliphatic rings. The monoisotopic (exact) mass is 257 g/mol. The quantitative estimate of drug-likeness (QED) is 0.782. The molecule has 1 unspecified atom stereocenters. The van der Waals surface area contributed by atoms with Crippen LogP contribution in [0.15, 0.2) is 42.5 Å². The summed E-state index contributed by atoms with van der Waals surface area (Å²) in [7, 11) is 0. The molecule has 0 bridgehead atoms. The highest BCUT2D eigenvalue weighted by atomic mass is 16.4. The SMILES string of the molecule is CC(CNCCc1cccc2ccccc12)C(=O)O. The third kappa shape index (κ3) is 3.55. The number of carboxylic acid groups (broad SMARTS) is 1. The number of carboxylic acids is 1. The fourth-order valence-electron chi connectivity index (χ4n) is 2.14. The van der Waals surface area contributed by atoms with Gasteiger partial charge in [0.2, 0.25) is 0 Å². The molecule has 3 heteroatoms. The van der Waals surface area contributed by atoms with Gasteiger partial charge in [-0.25, -0.2) is 0 Å². The fraction of sp³-hybridized carbons (Fsp3) is 0.312. The van der Waals surface area contributed by atoms with Crippen LogP contribution in [0.2, 0.25) is 0 Å². The smallest absolute Gasteiger partial charge is 0.307 e. The van der Waals surface area contributed by atoms with E-state index in [4.69, 9.17) is 5.11 Å². The molecule has 100 valence electrons. The molecule has 19 heavy (non-hydrogen) atoms. The minimum absolute atomic E-state index is 0.340. The van der Waals surface area contributed by atoms with Gasteiger partial charge >= 0.3 is 5.97 Å². The number of rotatable bonds is 6. The molecule has 1 atom stereocenters. The summed E-state index contributed by atoms with van der Waals surface area (Å²) in [6.45, 7) is 3.03. The van der Waals surface area contributed by atoms with Gasteiger partial charge in [-0.05, 0) is 29.3 Å². The van der Waals surface area contributed by atoms with E-state index in [2.05, 4.69) is 35.6 Å². The van der Waals surface area contributed by atoms with Gasteiger partial charge in [0.25, 0.3) is 0 Å². The van der Waals surface area contributed by atoms with Crippen LogP contribution in [0, 0.1) is 5.92 Å². The summed E-state index contributed by atoms with van der Waals surface area (Å²) in [5.74, 6) is -1.09. The van der Waals surface area contributed by atoms with Gasteiger partial charge < -0.3 is 10.4 Å². The van der Waals surface area contributed by atoms with Gasteiger partial charge in [-0.15, -0.1) is 0 Å². The lowest BCUT2D eigenvalue weighted by Crippen LogP contribution is -2.27. The Morgan fingerprint density at radius 1 is 1.21 bits per heavy atom. The number of aliphatic carboxylic acids is 1. The standard InChI is InChI=1S/C16H19NO2/c1-12(16(18)19)11-17-10-9-14-7-4-6-13-5-2-3-8-15(13)14/h2-8,12,17H,9-11H2,1H3,(H,18,19). The first-order valence-corrected chi connectivity index (χ1v) is 6.58. The summed E-state index contributed by atoms with van der Waals surface area (Å²) in [4.78, 5) is 10.7. The largest absolute Gasteiger partial charge is 0.481 e. The van der Waals surface area contributed by atoms with E-state index in [1.807, 2.05) is 12.1 Å². The zero-order valence-electron chi connectivity index (χ0n) is 11.1. The minimum Gasteiger partial charge on any atom is -0.481 e. The van der Waals surface area contributed by atoms with Crippen molar-refractivity contribution in [2.75, 3.05) is 13.1 Å². The van der Waals surface area contributed by atoms with Crippen molar-refractivity contribution in [2.45, 2.75) is 13.3 Å². The zero-order valence-corrected chi connectivity index (χ0v) is 11.1. The molecule has 3 nitrogen and oxygen atoms in total. The fourth-order valence-corrected chi connectivity index (χ4v) is 2.14. The van der Waals surface area contributed by atoms with E-state index in [-0.39, 0.29) is 5.92 Å². The Bertz CT molecular complexity index is 560. The highest BCUT2D eigenvalue weighted by Crippen LogP contribution is 2.18. The summed E-state index contributed by atoms with van der Waals surface area (Å²) in [5, 5.41) is 14.5. The summed E-state index contributed by atoms with van der Waals surface area (Å²) in [6, 6.07) is 14.6. The van der Waals surface area contributed by atoms with E-state index in [9.17, 15) is 4.79 Å². The molecule has 0 fully saturated rings. The Morgan fingerprint density at radius 2 is 1.95 bits per heavy atom. The number of hydrogen-bond acceptors (Lipinski definition) is 2. The lowest BCUT2D eigenvalue weighted by atomic mass is 10.0. The maximum Gasteiger partial charge on any atom is 0.307 e. The molecule has 2 aromatic rings. The number of carbonyl (C=O) groups is 1. The molecule has 2 rings (SSSR count). The lowest BCUT2D eigenvalue weighted by molar-refractivity contribution is -0.140. The lowest BCUT2D eigenvalue weighted by Gasteiger charge is -2.09. The third-order valence-corrected chi connectivity index (χ3v) is 3.32. The molecule has 0 heterocycles. The van der Waals surface area contributed by atoms with Crippen LogP contribution in [0.3, 0.4) is 0 Å². The van der Waals surface area contributed by atoms with Crippen molar-refractivity contribution in [2.24, 2.45) is 5.92 Å². The van der Waals surface area contributed by atoms with Crippen LogP contribution < -0.4 is 5.32 Å². The van der Waals surface area contributed by atoms with Gasteiger partial charge in [0, 0.05) is 6.54 Å². The van der Waals surface area contributed by atoms with Gasteiger partial charge in [-0.3, -0.25) is 4.79 Å². The van der Waals surface area contributed by atoms with E-state index >= 15 is 0 Å². The third-order valence-electron chi connectivity index (χ3n) is 3.32. The second kappa shape index (κ2) is 6.34. The number of fused-ring (bicyclic) bond motifs is 1. The summed E-state index contributed by atoms with van der Waals surface area (Å²) in [5.41, 5.74) is 1.30. The molecule has 0 aliphatic heterocycles. The van der Waals surface area contributed by atoms with Gasteiger partial charge in [0.15, 0.2) is 0 Å². The molecule has 0 saturated carbocycles. The Balaban J connectivity index is 1.93. The Kier molecular flexibility index (Phi) is 4.53. The maximum absolute atomic E-state index is 10.7. The highest BCUT2D eigenvalue weighted by Gasteiger charge is 2.09. The number of benzene rings is 2. The first-order valence-electron chi connectivity index (χ1n) is 6.58. The van der Waals surface area contributed by atoms with E-state index in [1.165, 1.54) is 16.3 Å². The summed E-state index contributed by atoms with van der Waals surface area (Å²) < 4.78 is 0. The molecular formula is C16H19NO2. The van der Waals surface area contributed by atoms with Crippen LogP contribution >= 0.6 is 0 Å². The molecule has 0 aliphatic carbocycles. The van der Waals surface area contributed by atoms with Crippen LogP contribution in [-0.2, 0) is 11.2 Å². The normalized spacial score (nSPS) is 12.5. The van der Waals surface area contributed by atoms with E-state index in [1.54, 1.807) is 6.92 Å². The van der Waals surface area contributed by atoms with Crippen molar-refractivity contribution in [3.63, 3.8) is 0 Å². The predicted octanol–water partition coefficient (Wildman–Crippen LogP) is 2.69. The van der Waals surface area contributed by atoms with Gasteiger partial charge in [-0.2, -0.15) is 0 Å². The molecule has 0 spiro atoms. The summed E-state index contributed by atoms with van der Waals surface area (Å²) in [6.07, 6.45) is 0.910. The van der Waals surface area contributed by atoms with E-state index in [0.29, 0.717) is 6.54 Å². The molecule has 0 radical (unpaired) electrons. The van der Waals surface area contributed by atoms with Crippen LogP contribution in [0.1, 0.15) is 12.5 Å². The van der Waals surface area contributed by atoms with Crippen LogP contribution in [0.5, 0.6) is 0 Å². The predicted molar refractivity (Wildman–Crippen MR) is 77.3 cm³/mol. The van der Waals surface area contributed by atoms with E-state index < -0.39 is 5.97 Å². The second-order valence-corrected chi connectivity index (χ2v) is 4.83. The highest BCUT2D eigenvalue weighted by molar-refractivity contribution is 5.85. The first-order chi connectivity index (χ1) is 9.18. The van der Waals surface area contributed by atoms with Crippen LogP contribution in [0.4, 0.5) is 0 Å². The van der Waals surface area contributed by atoms with Gasteiger partial charge in [-0.1, -0.05) is 49.4 Å². The van der Waals surface area contributed by atoms with Gasteiger partial charge in [0.05, 0.1) is 5.92 Å². The van der Waals surface area contributed by atoms with E-state index in [0.717, 1.165) is 13.0 Å². The number of nitrogens with one attached hydrogen (secondary N) is 1. The first kappa shape index (κ1) is 13.6. The average molecular weight is 257 g/mol. The maximum atomic E-state index is 10.7. The Labute approximate surface area is 113 Å². The Morgan fingerprint density at radius 3 is 2.74 bits per heavy atom. The zero-order chi connectivity index (χ0) is 13.7.